The molecule has 1 amide bonds. The first kappa shape index (κ1) is 29.8. The van der Waals surface area contributed by atoms with Crippen LogP contribution in [0.3, 0.4) is 0 Å². The van der Waals surface area contributed by atoms with Crippen molar-refractivity contribution in [1.29, 1.82) is 0 Å². The molecule has 42 heavy (non-hydrogen) atoms. The average molecular weight is 584 g/mol. The standard InChI is InChI=1S/C31H36F3N5O3/c1-30(2)27-19(6-4-8-25(27)36-28(30)41)9-11-23-22(31(32,33)34)17-35-29(37-23)38-24-12-10-20(16-26(24)42-3)21-7-5-13-39(18-21)14-15-40/h4,6,8,10,12,16-17,21,40H,5,7,9,11,13-15,18H2,1-3H3,(H,36,41)(H,35,37,38). The summed E-state index contributed by atoms with van der Waals surface area (Å²) in [4.78, 5) is 23.0. The van der Waals surface area contributed by atoms with E-state index in [0.29, 0.717) is 23.7 Å². The zero-order valence-corrected chi connectivity index (χ0v) is 24.0. The van der Waals surface area contributed by atoms with Gasteiger partial charge in [-0.2, -0.15) is 13.2 Å². The van der Waals surface area contributed by atoms with E-state index < -0.39 is 17.2 Å². The predicted molar refractivity (Wildman–Crippen MR) is 154 cm³/mol. The van der Waals surface area contributed by atoms with Gasteiger partial charge in [-0.25, -0.2) is 9.97 Å². The minimum atomic E-state index is -4.62. The van der Waals surface area contributed by atoms with E-state index in [4.69, 9.17) is 4.74 Å². The van der Waals surface area contributed by atoms with Crippen LogP contribution in [0.1, 0.15) is 60.6 Å². The van der Waals surface area contributed by atoms with E-state index >= 15 is 0 Å². The van der Waals surface area contributed by atoms with Gasteiger partial charge in [-0.05, 0) is 86.9 Å². The molecular weight excluding hydrogens is 547 g/mol. The number of halogens is 3. The highest BCUT2D eigenvalue weighted by molar-refractivity contribution is 6.06. The monoisotopic (exact) mass is 583 g/mol. The van der Waals surface area contributed by atoms with Crippen molar-refractivity contribution in [3.63, 3.8) is 0 Å². The number of benzene rings is 2. The molecule has 224 valence electrons. The van der Waals surface area contributed by atoms with Gasteiger partial charge in [0.2, 0.25) is 11.9 Å². The number of aryl methyl sites for hydroxylation is 2. The fourth-order valence-electron chi connectivity index (χ4n) is 6.06. The first-order chi connectivity index (χ1) is 20.0. The van der Waals surface area contributed by atoms with E-state index in [1.165, 1.54) is 0 Å². The number of ether oxygens (including phenoxy) is 1. The average Bonchev–Trinajstić information content (AvgIpc) is 3.20. The van der Waals surface area contributed by atoms with Gasteiger partial charge in [-0.3, -0.25) is 4.79 Å². The summed E-state index contributed by atoms with van der Waals surface area (Å²) in [6, 6.07) is 11.2. The fraction of sp³-hybridized carbons (Fsp3) is 0.452. The molecule has 0 bridgehead atoms. The van der Waals surface area contributed by atoms with Crippen LogP contribution in [0.2, 0.25) is 0 Å². The number of hydrogen-bond donors (Lipinski definition) is 3. The Hall–Kier alpha value is -3.70. The highest BCUT2D eigenvalue weighted by Gasteiger charge is 2.40. The van der Waals surface area contributed by atoms with Crippen molar-refractivity contribution in [2.24, 2.45) is 0 Å². The van der Waals surface area contributed by atoms with Crippen LogP contribution in [0.4, 0.5) is 30.5 Å². The number of nitrogens with zero attached hydrogens (tertiary/aromatic N) is 3. The van der Waals surface area contributed by atoms with E-state index in [9.17, 15) is 23.1 Å². The fourth-order valence-corrected chi connectivity index (χ4v) is 6.06. The van der Waals surface area contributed by atoms with E-state index in [1.54, 1.807) is 19.2 Å². The van der Waals surface area contributed by atoms with E-state index in [2.05, 4.69) is 25.5 Å². The Morgan fingerprint density at radius 1 is 1.21 bits per heavy atom. The molecule has 1 saturated heterocycles. The van der Waals surface area contributed by atoms with Crippen molar-refractivity contribution in [2.75, 3.05) is 44.0 Å². The minimum absolute atomic E-state index is 0.00879. The zero-order valence-electron chi connectivity index (χ0n) is 24.0. The molecule has 5 rings (SSSR count). The lowest BCUT2D eigenvalue weighted by Crippen LogP contribution is -2.36. The molecule has 0 radical (unpaired) electrons. The van der Waals surface area contributed by atoms with Crippen molar-refractivity contribution in [3.05, 3.63) is 70.5 Å². The number of fused-ring (bicyclic) bond motifs is 1. The highest BCUT2D eigenvalue weighted by Crippen LogP contribution is 2.41. The smallest absolute Gasteiger partial charge is 0.419 e. The third kappa shape index (κ3) is 6.07. The summed E-state index contributed by atoms with van der Waals surface area (Å²) in [5, 5.41) is 15.2. The number of aromatic nitrogens is 2. The number of piperidine rings is 1. The summed E-state index contributed by atoms with van der Waals surface area (Å²) in [6.45, 7) is 6.18. The number of hydrogen-bond acceptors (Lipinski definition) is 7. The Morgan fingerprint density at radius 2 is 2.02 bits per heavy atom. The van der Waals surface area contributed by atoms with Gasteiger partial charge in [0.15, 0.2) is 0 Å². The number of carbonyl (C=O) groups is 1. The molecule has 3 N–H and O–H groups in total. The van der Waals surface area contributed by atoms with Crippen LogP contribution in [-0.2, 0) is 29.2 Å². The van der Waals surface area contributed by atoms with E-state index in [-0.39, 0.29) is 42.9 Å². The maximum Gasteiger partial charge on any atom is 0.419 e. The molecule has 2 aromatic carbocycles. The third-order valence-corrected chi connectivity index (χ3v) is 8.26. The first-order valence-corrected chi connectivity index (χ1v) is 14.2. The summed E-state index contributed by atoms with van der Waals surface area (Å²) in [5.74, 6) is 0.722. The largest absolute Gasteiger partial charge is 0.495 e. The van der Waals surface area contributed by atoms with Crippen LogP contribution in [0.25, 0.3) is 0 Å². The molecule has 3 heterocycles. The quantitative estimate of drug-likeness (QED) is 0.309. The van der Waals surface area contributed by atoms with Crippen LogP contribution in [0.5, 0.6) is 5.75 Å². The highest BCUT2D eigenvalue weighted by atomic mass is 19.4. The number of rotatable bonds is 9. The molecule has 2 aliphatic heterocycles. The summed E-state index contributed by atoms with van der Waals surface area (Å²) >= 11 is 0. The number of alkyl halides is 3. The van der Waals surface area contributed by atoms with Crippen LogP contribution in [0, 0.1) is 0 Å². The second-order valence-electron chi connectivity index (χ2n) is 11.4. The molecule has 0 saturated carbocycles. The zero-order chi connectivity index (χ0) is 30.1. The van der Waals surface area contributed by atoms with Crippen molar-refractivity contribution < 1.29 is 27.8 Å². The van der Waals surface area contributed by atoms with Crippen LogP contribution < -0.4 is 15.4 Å². The SMILES string of the molecule is COc1cc(C2CCCN(CCO)C2)ccc1Nc1ncc(C(F)(F)F)c(CCc2cccc3c2C(C)(C)C(=O)N3)n1. The van der Waals surface area contributed by atoms with Gasteiger partial charge in [0.1, 0.15) is 5.75 Å². The summed E-state index contributed by atoms with van der Waals surface area (Å²) < 4.78 is 47.5. The Bertz CT molecular complexity index is 1460. The Labute approximate surface area is 243 Å². The number of β-amino-alcohol motifs (C(OH)–C–C–N with tert-alkyl or cyclic N) is 1. The van der Waals surface area contributed by atoms with Gasteiger partial charge in [-0.15, -0.1) is 0 Å². The van der Waals surface area contributed by atoms with Gasteiger partial charge in [0.25, 0.3) is 0 Å². The molecule has 1 aromatic heterocycles. The number of aliphatic hydroxyl groups excluding tert-OH is 1. The molecule has 3 aromatic rings. The van der Waals surface area contributed by atoms with Crippen LogP contribution >= 0.6 is 0 Å². The molecule has 11 heteroatoms. The van der Waals surface area contributed by atoms with E-state index in [1.807, 2.05) is 38.1 Å². The van der Waals surface area contributed by atoms with Crippen molar-refractivity contribution in [3.8, 4) is 5.75 Å². The lowest BCUT2D eigenvalue weighted by atomic mass is 9.82. The van der Waals surface area contributed by atoms with Gasteiger partial charge < -0.3 is 25.4 Å². The first-order valence-electron chi connectivity index (χ1n) is 14.2. The number of methoxy groups -OCH3 is 1. The molecular formula is C31H36F3N5O3. The van der Waals surface area contributed by atoms with Crippen LogP contribution in [0.15, 0.2) is 42.6 Å². The Morgan fingerprint density at radius 3 is 2.76 bits per heavy atom. The van der Waals surface area contributed by atoms with Gasteiger partial charge in [0, 0.05) is 25.0 Å². The Balaban J connectivity index is 1.38. The normalized spacial score (nSPS) is 18.5. The predicted octanol–water partition coefficient (Wildman–Crippen LogP) is 5.43. The number of likely N-dealkylation sites (tertiary alicyclic amines) is 1. The number of anilines is 3. The van der Waals surface area contributed by atoms with Gasteiger partial charge >= 0.3 is 6.18 Å². The number of aliphatic hydroxyl groups is 1. The number of nitrogens with one attached hydrogen (secondary N) is 2. The maximum atomic E-state index is 14.0. The third-order valence-electron chi connectivity index (χ3n) is 8.26. The molecule has 1 unspecified atom stereocenters. The molecule has 2 aliphatic rings. The topological polar surface area (TPSA) is 99.6 Å². The van der Waals surface area contributed by atoms with Gasteiger partial charge in [-0.1, -0.05) is 18.2 Å². The molecule has 8 nitrogen and oxygen atoms in total. The summed E-state index contributed by atoms with van der Waals surface area (Å²) in [7, 11) is 1.54. The number of carbonyl (C=O) groups excluding carboxylic acids is 1. The van der Waals surface area contributed by atoms with E-state index in [0.717, 1.165) is 48.8 Å². The Kier molecular flexibility index (Phi) is 8.43. The molecule has 0 aliphatic carbocycles. The van der Waals surface area contributed by atoms with Crippen molar-refractivity contribution in [2.45, 2.75) is 57.0 Å². The van der Waals surface area contributed by atoms with Crippen molar-refractivity contribution in [1.82, 2.24) is 14.9 Å². The second-order valence-corrected chi connectivity index (χ2v) is 11.4. The summed E-state index contributed by atoms with van der Waals surface area (Å²) in [6.07, 6.45) is -1.47. The van der Waals surface area contributed by atoms with Crippen molar-refractivity contribution >= 4 is 23.2 Å². The summed E-state index contributed by atoms with van der Waals surface area (Å²) in [5.41, 5.74) is 2.13. The minimum Gasteiger partial charge on any atom is -0.495 e. The second kappa shape index (κ2) is 11.9. The lowest BCUT2D eigenvalue weighted by Gasteiger charge is -2.32. The number of amides is 1. The molecule has 1 atom stereocenters. The molecule has 1 fully saturated rings. The molecule has 0 spiro atoms. The maximum absolute atomic E-state index is 14.0. The lowest BCUT2D eigenvalue weighted by molar-refractivity contribution is -0.138. The van der Waals surface area contributed by atoms with Gasteiger partial charge in [0.05, 0.1) is 36.1 Å². The van der Waals surface area contributed by atoms with Crippen LogP contribution in [-0.4, -0.2) is 59.2 Å².